The molecule has 1 heterocycles. The Morgan fingerprint density at radius 1 is 1.36 bits per heavy atom. The highest BCUT2D eigenvalue weighted by molar-refractivity contribution is 7.79. The van der Waals surface area contributed by atoms with E-state index in [-0.39, 0.29) is 30.2 Å². The Hall–Kier alpha value is -2.03. The lowest BCUT2D eigenvalue weighted by atomic mass is 10.1. The number of hydrogen-bond acceptors (Lipinski definition) is 6. The van der Waals surface area contributed by atoms with Gasteiger partial charge in [0.05, 0.1) is 11.9 Å². The molecule has 0 spiro atoms. The van der Waals surface area contributed by atoms with E-state index in [0.29, 0.717) is 28.7 Å². The lowest BCUT2D eigenvalue weighted by Crippen LogP contribution is -2.25. The van der Waals surface area contributed by atoms with Crippen LogP contribution in [0.15, 0.2) is 33.5 Å². The van der Waals surface area contributed by atoms with Gasteiger partial charge in [-0.1, -0.05) is 11.1 Å². The predicted molar refractivity (Wildman–Crippen MR) is 81.1 cm³/mol. The number of nitrogens with one attached hydrogen (secondary N) is 1. The average Bonchev–Trinajstić information content (AvgIpc) is 2.50. The molecule has 1 atom stereocenters. The Bertz CT molecular complexity index is 771. The van der Waals surface area contributed by atoms with Crippen LogP contribution in [0, 0.1) is 0 Å². The van der Waals surface area contributed by atoms with Crippen molar-refractivity contribution in [1.29, 1.82) is 0 Å². The van der Waals surface area contributed by atoms with Crippen LogP contribution in [0.2, 0.25) is 0 Å². The van der Waals surface area contributed by atoms with Gasteiger partial charge in [-0.25, -0.2) is 0 Å². The van der Waals surface area contributed by atoms with Gasteiger partial charge in [-0.2, -0.15) is 0 Å². The maximum atomic E-state index is 12.0. The lowest BCUT2D eigenvalue weighted by Gasteiger charge is -2.07. The fourth-order valence-corrected chi connectivity index (χ4v) is 2.32. The molecule has 22 heavy (non-hydrogen) atoms. The summed E-state index contributed by atoms with van der Waals surface area (Å²) >= 11 is -2.11. The third-order valence-corrected chi connectivity index (χ3v) is 3.64. The van der Waals surface area contributed by atoms with E-state index in [1.807, 2.05) is 0 Å². The molecule has 0 bridgehead atoms. The molecule has 1 unspecified atom stereocenters. The third-order valence-electron chi connectivity index (χ3n) is 3.01. The number of fused-ring (bicyclic) bond motifs is 1. The number of rotatable bonds is 6. The standard InChI is InChI=1S/C14H16N2O5S/c15-8-10-7-12(17)11-6-9(2-3-13(11)21-10)14(18)16-4-1-5-22(19)20/h2-3,6-7H,1,4-5,8,15H2,(H,16,18)(H,19,20)/p-1. The number of nitrogens with two attached hydrogens (primary N) is 1. The second-order valence-corrected chi connectivity index (χ2v) is 5.63. The smallest absolute Gasteiger partial charge is 0.251 e. The summed E-state index contributed by atoms with van der Waals surface area (Å²) in [6.45, 7) is 0.361. The Morgan fingerprint density at radius 3 is 2.82 bits per heavy atom. The van der Waals surface area contributed by atoms with Crippen LogP contribution in [0.3, 0.4) is 0 Å². The fourth-order valence-electron chi connectivity index (χ4n) is 1.94. The van der Waals surface area contributed by atoms with E-state index in [2.05, 4.69) is 5.32 Å². The van der Waals surface area contributed by atoms with Crippen molar-refractivity contribution < 1.29 is 18.0 Å². The van der Waals surface area contributed by atoms with Crippen LogP contribution in [-0.4, -0.2) is 27.0 Å². The quantitative estimate of drug-likeness (QED) is 0.580. The first-order chi connectivity index (χ1) is 10.5. The van der Waals surface area contributed by atoms with Gasteiger partial charge in [0, 0.05) is 23.9 Å². The maximum Gasteiger partial charge on any atom is 0.251 e. The van der Waals surface area contributed by atoms with Gasteiger partial charge in [-0.05, 0) is 24.6 Å². The molecule has 1 amide bonds. The van der Waals surface area contributed by atoms with Crippen molar-refractivity contribution in [3.05, 3.63) is 45.8 Å². The molecule has 0 aliphatic rings. The lowest BCUT2D eigenvalue weighted by molar-refractivity contribution is 0.0954. The van der Waals surface area contributed by atoms with E-state index in [9.17, 15) is 18.4 Å². The molecule has 118 valence electrons. The molecule has 0 saturated carbocycles. The summed E-state index contributed by atoms with van der Waals surface area (Å²) in [7, 11) is 0. The van der Waals surface area contributed by atoms with Crippen LogP contribution in [0.1, 0.15) is 22.5 Å². The summed E-state index contributed by atoms with van der Waals surface area (Å²) in [5.74, 6) is -0.00935. The minimum Gasteiger partial charge on any atom is -0.772 e. The van der Waals surface area contributed by atoms with Gasteiger partial charge < -0.3 is 20.0 Å². The van der Waals surface area contributed by atoms with Crippen molar-refractivity contribution in [2.75, 3.05) is 12.3 Å². The van der Waals surface area contributed by atoms with Crippen LogP contribution >= 0.6 is 0 Å². The Morgan fingerprint density at radius 2 is 2.14 bits per heavy atom. The predicted octanol–water partition coefficient (Wildman–Crippen LogP) is 0.251. The first kappa shape index (κ1) is 16.3. The van der Waals surface area contributed by atoms with Gasteiger partial charge in [0.25, 0.3) is 5.91 Å². The molecular weight excluding hydrogens is 308 g/mol. The number of benzene rings is 1. The van der Waals surface area contributed by atoms with Gasteiger partial charge in [0.15, 0.2) is 5.43 Å². The van der Waals surface area contributed by atoms with Gasteiger partial charge in [0.2, 0.25) is 0 Å². The largest absolute Gasteiger partial charge is 0.772 e. The van der Waals surface area contributed by atoms with Crippen molar-refractivity contribution in [1.82, 2.24) is 5.32 Å². The molecule has 1 aromatic carbocycles. The minimum absolute atomic E-state index is 0.0105. The van der Waals surface area contributed by atoms with E-state index < -0.39 is 11.1 Å². The van der Waals surface area contributed by atoms with Gasteiger partial charge in [-0.15, -0.1) is 0 Å². The SMILES string of the molecule is NCc1cc(=O)c2cc(C(=O)NCCCS(=O)[O-])ccc2o1. The molecule has 8 heteroatoms. The molecule has 0 aliphatic heterocycles. The maximum absolute atomic E-state index is 12.0. The molecule has 0 radical (unpaired) electrons. The van der Waals surface area contributed by atoms with Crippen LogP contribution in [0.25, 0.3) is 11.0 Å². The monoisotopic (exact) mass is 323 g/mol. The summed E-state index contributed by atoms with van der Waals surface area (Å²) in [6.07, 6.45) is 0.331. The molecule has 1 aromatic heterocycles. The first-order valence-electron chi connectivity index (χ1n) is 6.62. The van der Waals surface area contributed by atoms with Gasteiger partial charge >= 0.3 is 0 Å². The second kappa shape index (κ2) is 7.30. The highest BCUT2D eigenvalue weighted by Crippen LogP contribution is 2.14. The van der Waals surface area contributed by atoms with Crippen LogP contribution in [-0.2, 0) is 17.6 Å². The zero-order chi connectivity index (χ0) is 16.1. The van der Waals surface area contributed by atoms with Crippen molar-refractivity contribution in [3.8, 4) is 0 Å². The third kappa shape index (κ3) is 4.00. The highest BCUT2D eigenvalue weighted by atomic mass is 32.2. The summed E-state index contributed by atoms with van der Waals surface area (Å²) < 4.78 is 26.2. The Balaban J connectivity index is 2.15. The zero-order valence-electron chi connectivity index (χ0n) is 11.7. The molecule has 2 rings (SSSR count). The number of carbonyl (C=O) groups is 1. The zero-order valence-corrected chi connectivity index (χ0v) is 12.5. The number of hydrogen-bond donors (Lipinski definition) is 2. The molecule has 0 aliphatic carbocycles. The summed E-state index contributed by atoms with van der Waals surface area (Å²) in [4.78, 5) is 23.9. The number of amides is 1. The Labute approximate surface area is 128 Å². The van der Waals surface area contributed by atoms with E-state index in [1.165, 1.54) is 24.3 Å². The normalized spacial score (nSPS) is 12.3. The van der Waals surface area contributed by atoms with E-state index in [4.69, 9.17) is 10.2 Å². The summed E-state index contributed by atoms with van der Waals surface area (Å²) in [6, 6.07) is 5.82. The van der Waals surface area contributed by atoms with Crippen molar-refractivity contribution in [2.24, 2.45) is 5.73 Å². The van der Waals surface area contributed by atoms with Gasteiger partial charge in [-0.3, -0.25) is 13.8 Å². The molecular formula is C14H15N2O5S-. The van der Waals surface area contributed by atoms with Crippen molar-refractivity contribution >= 4 is 28.0 Å². The number of carbonyl (C=O) groups excluding carboxylic acids is 1. The summed E-state index contributed by atoms with van der Waals surface area (Å²) in [5, 5.41) is 2.89. The second-order valence-electron chi connectivity index (χ2n) is 4.61. The van der Waals surface area contributed by atoms with Crippen LogP contribution in [0.4, 0.5) is 0 Å². The fraction of sp³-hybridized carbons (Fsp3) is 0.286. The average molecular weight is 323 g/mol. The minimum atomic E-state index is -2.11. The molecule has 3 N–H and O–H groups in total. The van der Waals surface area contributed by atoms with Crippen molar-refractivity contribution in [3.63, 3.8) is 0 Å². The highest BCUT2D eigenvalue weighted by Gasteiger charge is 2.09. The van der Waals surface area contributed by atoms with E-state index in [1.54, 1.807) is 0 Å². The molecule has 0 fully saturated rings. The van der Waals surface area contributed by atoms with E-state index in [0.717, 1.165) is 0 Å². The van der Waals surface area contributed by atoms with Crippen molar-refractivity contribution in [2.45, 2.75) is 13.0 Å². The molecule has 0 saturated heterocycles. The van der Waals surface area contributed by atoms with E-state index >= 15 is 0 Å². The topological polar surface area (TPSA) is 125 Å². The first-order valence-corrected chi connectivity index (χ1v) is 7.86. The Kier molecular flexibility index (Phi) is 5.42. The summed E-state index contributed by atoms with van der Waals surface area (Å²) in [5.41, 5.74) is 5.85. The van der Waals surface area contributed by atoms with Crippen LogP contribution < -0.4 is 16.5 Å². The van der Waals surface area contributed by atoms with Gasteiger partial charge in [0.1, 0.15) is 11.3 Å². The molecule has 7 nitrogen and oxygen atoms in total. The van der Waals surface area contributed by atoms with Crippen LogP contribution in [0.5, 0.6) is 0 Å². The molecule has 2 aromatic rings.